The van der Waals surface area contributed by atoms with Gasteiger partial charge in [-0.25, -0.2) is 0 Å². The van der Waals surface area contributed by atoms with Crippen molar-refractivity contribution in [2.75, 3.05) is 19.6 Å². The van der Waals surface area contributed by atoms with Crippen molar-refractivity contribution in [3.05, 3.63) is 77.0 Å². The summed E-state index contributed by atoms with van der Waals surface area (Å²) in [5.41, 5.74) is 2.95. The second kappa shape index (κ2) is 6.63. The first-order valence-corrected chi connectivity index (χ1v) is 10.5. The predicted molar refractivity (Wildman–Crippen MR) is 117 cm³/mol. The Labute approximate surface area is 175 Å². The van der Waals surface area contributed by atoms with Gasteiger partial charge in [-0.2, -0.15) is 0 Å². The van der Waals surface area contributed by atoms with Gasteiger partial charge in [-0.05, 0) is 48.4 Å². The number of piperidine rings is 1. The molecule has 150 valence electrons. The summed E-state index contributed by atoms with van der Waals surface area (Å²) in [4.78, 5) is 5.83. The highest BCUT2D eigenvalue weighted by molar-refractivity contribution is 6.31. The second-order valence-electron chi connectivity index (χ2n) is 8.56. The monoisotopic (exact) mass is 408 g/mol. The Balaban J connectivity index is 1.69. The van der Waals surface area contributed by atoms with E-state index in [9.17, 15) is 10.2 Å². The number of β-amino-alcohol motifs (C(OH)–C–C–N with tert-alkyl or cyclic N) is 1. The number of likely N-dealkylation sites (tertiary alicyclic amines) is 1. The van der Waals surface area contributed by atoms with Crippen LogP contribution in [-0.2, 0) is 18.3 Å². The topological polar surface area (TPSA) is 59.5 Å². The number of rotatable bonds is 3. The van der Waals surface area contributed by atoms with Gasteiger partial charge in [0.05, 0.1) is 5.60 Å². The van der Waals surface area contributed by atoms with Crippen LogP contribution in [0.15, 0.2) is 55.1 Å². The van der Waals surface area contributed by atoms with Gasteiger partial charge in [-0.3, -0.25) is 4.90 Å². The first-order chi connectivity index (χ1) is 13.9. The molecule has 4 nitrogen and oxygen atoms in total. The van der Waals surface area contributed by atoms with Crippen LogP contribution in [0.5, 0.6) is 5.75 Å². The number of phenolic OH excluding ortho intramolecular Hbond substituents is 1. The van der Waals surface area contributed by atoms with Crippen LogP contribution in [0.2, 0.25) is 5.02 Å². The zero-order valence-corrected chi connectivity index (χ0v) is 17.0. The molecule has 0 spiro atoms. The molecule has 1 aliphatic heterocycles. The molecule has 5 heteroatoms. The van der Waals surface area contributed by atoms with Gasteiger partial charge in [0.2, 0.25) is 0 Å². The smallest absolute Gasteiger partial charge is 0.115 e. The number of halogens is 1. The van der Waals surface area contributed by atoms with Gasteiger partial charge < -0.3 is 15.2 Å². The first-order valence-electron chi connectivity index (χ1n) is 10.1. The number of nitrogens with one attached hydrogen (secondary N) is 1. The quantitative estimate of drug-likeness (QED) is 0.569. The van der Waals surface area contributed by atoms with Crippen molar-refractivity contribution in [3.8, 4) is 5.75 Å². The van der Waals surface area contributed by atoms with Crippen LogP contribution in [0.25, 0.3) is 10.9 Å². The van der Waals surface area contributed by atoms with Crippen LogP contribution < -0.4 is 0 Å². The van der Waals surface area contributed by atoms with E-state index in [1.807, 2.05) is 42.5 Å². The lowest BCUT2D eigenvalue weighted by molar-refractivity contribution is -0.100. The van der Waals surface area contributed by atoms with Crippen molar-refractivity contribution < 1.29 is 10.2 Å². The maximum absolute atomic E-state index is 12.2. The fourth-order valence-electron chi connectivity index (χ4n) is 5.55. The molecule has 1 fully saturated rings. The van der Waals surface area contributed by atoms with Gasteiger partial charge in [-0.1, -0.05) is 35.9 Å². The summed E-state index contributed by atoms with van der Waals surface area (Å²) in [6.45, 7) is 6.09. The van der Waals surface area contributed by atoms with E-state index in [0.29, 0.717) is 24.4 Å². The molecule has 0 saturated carbocycles. The van der Waals surface area contributed by atoms with Crippen LogP contribution >= 0.6 is 11.6 Å². The molecule has 1 saturated heterocycles. The lowest BCUT2D eigenvalue weighted by atomic mass is 9.56. The third-order valence-corrected chi connectivity index (χ3v) is 7.16. The van der Waals surface area contributed by atoms with E-state index < -0.39 is 11.0 Å². The Morgan fingerprint density at radius 3 is 2.86 bits per heavy atom. The third-order valence-electron chi connectivity index (χ3n) is 6.92. The molecule has 2 unspecified atom stereocenters. The molecule has 3 N–H and O–H groups in total. The Hall–Kier alpha value is -2.27. The van der Waals surface area contributed by atoms with Gasteiger partial charge in [0, 0.05) is 53.0 Å². The summed E-state index contributed by atoms with van der Waals surface area (Å²) < 4.78 is 0. The number of aromatic amines is 1. The fraction of sp³-hybridized carbons (Fsp3) is 0.333. The van der Waals surface area contributed by atoms with Crippen molar-refractivity contribution in [1.82, 2.24) is 9.88 Å². The number of aromatic hydroxyl groups is 1. The van der Waals surface area contributed by atoms with Crippen molar-refractivity contribution in [2.24, 2.45) is 0 Å². The maximum atomic E-state index is 12.2. The van der Waals surface area contributed by atoms with Gasteiger partial charge in [0.15, 0.2) is 0 Å². The van der Waals surface area contributed by atoms with E-state index in [2.05, 4.69) is 16.5 Å². The molecule has 2 aromatic carbocycles. The fourth-order valence-corrected chi connectivity index (χ4v) is 5.72. The van der Waals surface area contributed by atoms with Crippen molar-refractivity contribution >= 4 is 22.5 Å². The molecule has 0 bridgehead atoms. The predicted octanol–water partition coefficient (Wildman–Crippen LogP) is 4.19. The summed E-state index contributed by atoms with van der Waals surface area (Å²) in [5.74, 6) is 0.238. The highest BCUT2D eigenvalue weighted by Crippen LogP contribution is 2.51. The van der Waals surface area contributed by atoms with Crippen LogP contribution in [0.1, 0.15) is 23.2 Å². The Kier molecular flexibility index (Phi) is 4.28. The van der Waals surface area contributed by atoms with Crippen molar-refractivity contribution in [2.45, 2.75) is 30.3 Å². The molecule has 29 heavy (non-hydrogen) atoms. The standard InChI is InChI=1S/C24H25ClN2O2/c1-2-9-27-10-8-23(16-4-3-5-18(28)11-16)14-22-20(13-24(23,29)15-27)19-7-6-17(25)12-21(19)26-22/h2-7,11-12,26,28-29H,1,8-10,13-15H2. The first kappa shape index (κ1) is 18.7. The zero-order valence-electron chi connectivity index (χ0n) is 16.3. The minimum Gasteiger partial charge on any atom is -0.508 e. The molecule has 1 aromatic heterocycles. The summed E-state index contributed by atoms with van der Waals surface area (Å²) in [6, 6.07) is 13.3. The van der Waals surface area contributed by atoms with Crippen LogP contribution in [0, 0.1) is 0 Å². The van der Waals surface area contributed by atoms with E-state index in [1.165, 1.54) is 5.56 Å². The Morgan fingerprint density at radius 2 is 2.07 bits per heavy atom. The normalized spacial score (nSPS) is 26.8. The number of H-pyrrole nitrogens is 1. The highest BCUT2D eigenvalue weighted by atomic mass is 35.5. The number of hydrogen-bond acceptors (Lipinski definition) is 3. The molecular formula is C24H25ClN2O2. The van der Waals surface area contributed by atoms with Gasteiger partial charge in [0.1, 0.15) is 5.75 Å². The number of hydrogen-bond donors (Lipinski definition) is 3. The zero-order chi connectivity index (χ0) is 20.2. The highest BCUT2D eigenvalue weighted by Gasteiger charge is 2.57. The SMILES string of the molecule is C=CCN1CCC2(c3cccc(O)c3)Cc3[nH]c4cc(Cl)ccc4c3CC2(O)C1. The van der Waals surface area contributed by atoms with Crippen molar-refractivity contribution in [1.29, 1.82) is 0 Å². The lowest BCUT2D eigenvalue weighted by Crippen LogP contribution is -2.66. The number of aromatic nitrogens is 1. The maximum Gasteiger partial charge on any atom is 0.115 e. The van der Waals surface area contributed by atoms with Gasteiger partial charge in [-0.15, -0.1) is 6.58 Å². The average molecular weight is 409 g/mol. The number of fused-ring (bicyclic) bond motifs is 4. The van der Waals surface area contributed by atoms with E-state index in [-0.39, 0.29) is 5.75 Å². The third kappa shape index (κ3) is 2.82. The minimum absolute atomic E-state index is 0.238. The number of phenols is 1. The molecular weight excluding hydrogens is 384 g/mol. The van der Waals surface area contributed by atoms with Crippen LogP contribution in [0.3, 0.4) is 0 Å². The molecule has 0 radical (unpaired) electrons. The summed E-state index contributed by atoms with van der Waals surface area (Å²) in [6.07, 6.45) is 3.98. The van der Waals surface area contributed by atoms with Crippen LogP contribution in [0.4, 0.5) is 0 Å². The summed E-state index contributed by atoms with van der Waals surface area (Å²) in [7, 11) is 0. The average Bonchev–Trinajstić information content (AvgIpc) is 3.01. The Bertz CT molecular complexity index is 1110. The summed E-state index contributed by atoms with van der Waals surface area (Å²) >= 11 is 6.21. The number of aliphatic hydroxyl groups is 1. The van der Waals surface area contributed by atoms with Crippen molar-refractivity contribution in [3.63, 3.8) is 0 Å². The molecule has 2 heterocycles. The lowest BCUT2D eigenvalue weighted by Gasteiger charge is -2.56. The van der Waals surface area contributed by atoms with Crippen LogP contribution in [-0.4, -0.2) is 45.3 Å². The van der Waals surface area contributed by atoms with E-state index in [0.717, 1.165) is 41.7 Å². The van der Waals surface area contributed by atoms with E-state index in [4.69, 9.17) is 11.6 Å². The molecule has 1 aliphatic carbocycles. The largest absolute Gasteiger partial charge is 0.508 e. The van der Waals surface area contributed by atoms with E-state index in [1.54, 1.807) is 6.07 Å². The molecule has 3 aromatic rings. The number of nitrogens with zero attached hydrogens (tertiary/aromatic N) is 1. The van der Waals surface area contributed by atoms with Gasteiger partial charge >= 0.3 is 0 Å². The Morgan fingerprint density at radius 1 is 1.21 bits per heavy atom. The molecule has 0 amide bonds. The second-order valence-corrected chi connectivity index (χ2v) is 9.00. The molecule has 5 rings (SSSR count). The summed E-state index contributed by atoms with van der Waals surface area (Å²) in [5, 5.41) is 24.2. The number of benzene rings is 2. The minimum atomic E-state index is -0.941. The molecule has 2 aliphatic rings. The van der Waals surface area contributed by atoms with E-state index >= 15 is 0 Å². The molecule has 2 atom stereocenters. The van der Waals surface area contributed by atoms with Gasteiger partial charge in [0.25, 0.3) is 0 Å².